The lowest BCUT2D eigenvalue weighted by atomic mass is 9.99. The van der Waals surface area contributed by atoms with Crippen LogP contribution in [0.3, 0.4) is 0 Å². The van der Waals surface area contributed by atoms with E-state index >= 15 is 0 Å². The van der Waals surface area contributed by atoms with E-state index in [0.717, 1.165) is 0 Å². The molecule has 0 aliphatic heterocycles. The van der Waals surface area contributed by atoms with E-state index in [1.807, 2.05) is 6.92 Å². The third-order valence-corrected chi connectivity index (χ3v) is 3.58. The van der Waals surface area contributed by atoms with Crippen LogP contribution in [0.5, 0.6) is 0 Å². The first-order chi connectivity index (χ1) is 8.47. The zero-order valence-corrected chi connectivity index (χ0v) is 11.9. The number of carboxylic acids is 1. The zero-order chi connectivity index (χ0) is 13.7. The lowest BCUT2D eigenvalue weighted by Crippen LogP contribution is -2.45. The molecule has 1 amide bonds. The van der Waals surface area contributed by atoms with Gasteiger partial charge in [-0.05, 0) is 34.0 Å². The number of carboxylic acid groups (broad SMARTS) is 1. The van der Waals surface area contributed by atoms with Crippen LogP contribution < -0.4 is 5.32 Å². The Hall–Kier alpha value is -1.36. The Morgan fingerprint density at radius 1 is 1.39 bits per heavy atom. The molecule has 2 atom stereocenters. The van der Waals surface area contributed by atoms with E-state index in [1.165, 1.54) is 0 Å². The van der Waals surface area contributed by atoms with Gasteiger partial charge in [0, 0.05) is 4.47 Å². The van der Waals surface area contributed by atoms with Gasteiger partial charge in [0.2, 0.25) is 0 Å². The van der Waals surface area contributed by atoms with Gasteiger partial charge >= 0.3 is 5.97 Å². The molecule has 0 bridgehead atoms. The maximum Gasteiger partial charge on any atom is 0.326 e. The molecular weight excluding hydrogens is 298 g/mol. The summed E-state index contributed by atoms with van der Waals surface area (Å²) in [5, 5.41) is 11.7. The van der Waals surface area contributed by atoms with Crippen LogP contribution >= 0.6 is 15.9 Å². The second kappa shape index (κ2) is 6.54. The number of amides is 1. The molecule has 0 heterocycles. The number of hydrogen-bond donors (Lipinski definition) is 2. The highest BCUT2D eigenvalue weighted by molar-refractivity contribution is 9.10. The Balaban J connectivity index is 2.86. The first kappa shape index (κ1) is 14.7. The van der Waals surface area contributed by atoms with Crippen molar-refractivity contribution < 1.29 is 14.7 Å². The van der Waals surface area contributed by atoms with Crippen molar-refractivity contribution in [2.45, 2.75) is 26.3 Å². The van der Waals surface area contributed by atoms with E-state index < -0.39 is 12.0 Å². The molecule has 0 spiro atoms. The molecule has 0 radical (unpaired) electrons. The van der Waals surface area contributed by atoms with E-state index in [4.69, 9.17) is 5.11 Å². The van der Waals surface area contributed by atoms with Crippen molar-refractivity contribution in [2.24, 2.45) is 5.92 Å². The standard InChI is InChI=1S/C13H16BrNO3/c1-3-8(2)11(13(17)18)15-12(16)9-6-4-5-7-10(9)14/h4-8,11H,3H2,1-2H3,(H,15,16)(H,17,18)/t8-,11+/m1/s1. The highest BCUT2D eigenvalue weighted by atomic mass is 79.9. The number of hydrogen-bond acceptors (Lipinski definition) is 2. The Labute approximate surface area is 115 Å². The van der Waals surface area contributed by atoms with Gasteiger partial charge in [0.05, 0.1) is 5.56 Å². The molecule has 0 fully saturated rings. The highest BCUT2D eigenvalue weighted by Crippen LogP contribution is 2.16. The average Bonchev–Trinajstić information content (AvgIpc) is 2.35. The number of rotatable bonds is 5. The lowest BCUT2D eigenvalue weighted by molar-refractivity contribution is -0.140. The topological polar surface area (TPSA) is 66.4 Å². The Morgan fingerprint density at radius 3 is 2.50 bits per heavy atom. The van der Waals surface area contributed by atoms with Crippen molar-refractivity contribution in [3.05, 3.63) is 34.3 Å². The van der Waals surface area contributed by atoms with Gasteiger partial charge in [-0.15, -0.1) is 0 Å². The lowest BCUT2D eigenvalue weighted by Gasteiger charge is -2.20. The Morgan fingerprint density at radius 2 is 2.00 bits per heavy atom. The van der Waals surface area contributed by atoms with Gasteiger partial charge in [-0.1, -0.05) is 32.4 Å². The first-order valence-electron chi connectivity index (χ1n) is 5.75. The summed E-state index contributed by atoms with van der Waals surface area (Å²) < 4.78 is 0.649. The zero-order valence-electron chi connectivity index (χ0n) is 10.3. The van der Waals surface area contributed by atoms with Gasteiger partial charge in [0.1, 0.15) is 6.04 Å². The number of nitrogens with one attached hydrogen (secondary N) is 1. The molecular formula is C13H16BrNO3. The van der Waals surface area contributed by atoms with Crippen LogP contribution in [-0.2, 0) is 4.79 Å². The smallest absolute Gasteiger partial charge is 0.326 e. The fourth-order valence-corrected chi connectivity index (χ4v) is 2.01. The molecule has 0 saturated carbocycles. The molecule has 2 N–H and O–H groups in total. The van der Waals surface area contributed by atoms with Gasteiger partial charge in [-0.25, -0.2) is 4.79 Å². The molecule has 0 saturated heterocycles. The van der Waals surface area contributed by atoms with Crippen molar-refractivity contribution in [3.8, 4) is 0 Å². The summed E-state index contributed by atoms with van der Waals surface area (Å²) in [6.45, 7) is 3.70. The van der Waals surface area contributed by atoms with Crippen LogP contribution in [0.1, 0.15) is 30.6 Å². The average molecular weight is 314 g/mol. The predicted octanol–water partition coefficient (Wildman–Crippen LogP) is 2.68. The molecule has 5 heteroatoms. The summed E-state index contributed by atoms with van der Waals surface area (Å²) in [5.41, 5.74) is 0.437. The fraction of sp³-hybridized carbons (Fsp3) is 0.385. The number of carbonyl (C=O) groups excluding carboxylic acids is 1. The second-order valence-electron chi connectivity index (χ2n) is 4.15. The number of benzene rings is 1. The highest BCUT2D eigenvalue weighted by Gasteiger charge is 2.26. The number of carbonyl (C=O) groups is 2. The predicted molar refractivity (Wildman–Crippen MR) is 72.5 cm³/mol. The van der Waals surface area contributed by atoms with Gasteiger partial charge in [-0.2, -0.15) is 0 Å². The summed E-state index contributed by atoms with van der Waals surface area (Å²) in [7, 11) is 0. The summed E-state index contributed by atoms with van der Waals surface area (Å²) in [4.78, 5) is 23.1. The fourth-order valence-electron chi connectivity index (χ4n) is 1.55. The van der Waals surface area contributed by atoms with Crippen molar-refractivity contribution in [2.75, 3.05) is 0 Å². The van der Waals surface area contributed by atoms with Crippen molar-refractivity contribution in [3.63, 3.8) is 0 Å². The van der Waals surface area contributed by atoms with Crippen LogP contribution in [0.4, 0.5) is 0 Å². The maximum atomic E-state index is 12.0. The molecule has 0 aromatic heterocycles. The summed E-state index contributed by atoms with van der Waals surface area (Å²) >= 11 is 3.27. The molecule has 0 unspecified atom stereocenters. The number of aliphatic carboxylic acids is 1. The molecule has 0 aliphatic carbocycles. The van der Waals surface area contributed by atoms with Gasteiger partial charge in [0.15, 0.2) is 0 Å². The van der Waals surface area contributed by atoms with Crippen LogP contribution in [0.2, 0.25) is 0 Å². The SMILES string of the molecule is CC[C@@H](C)[C@H](NC(=O)c1ccccc1Br)C(=O)O. The largest absolute Gasteiger partial charge is 0.480 e. The Bertz CT molecular complexity index is 448. The molecule has 4 nitrogen and oxygen atoms in total. The van der Waals surface area contributed by atoms with Gasteiger partial charge in [-0.3, -0.25) is 4.79 Å². The third kappa shape index (κ3) is 3.57. The molecule has 1 aromatic rings. The van der Waals surface area contributed by atoms with E-state index in [-0.39, 0.29) is 11.8 Å². The van der Waals surface area contributed by atoms with Crippen LogP contribution in [0.25, 0.3) is 0 Å². The van der Waals surface area contributed by atoms with Crippen molar-refractivity contribution in [1.82, 2.24) is 5.32 Å². The molecule has 0 aliphatic rings. The monoisotopic (exact) mass is 313 g/mol. The molecule has 1 rings (SSSR count). The first-order valence-corrected chi connectivity index (χ1v) is 6.54. The van der Waals surface area contributed by atoms with E-state index in [9.17, 15) is 9.59 Å². The Kier molecular flexibility index (Phi) is 5.34. The number of halogens is 1. The molecule has 18 heavy (non-hydrogen) atoms. The van der Waals surface area contributed by atoms with Gasteiger partial charge in [0.25, 0.3) is 5.91 Å². The second-order valence-corrected chi connectivity index (χ2v) is 5.01. The van der Waals surface area contributed by atoms with E-state index in [1.54, 1.807) is 31.2 Å². The van der Waals surface area contributed by atoms with Gasteiger partial charge < -0.3 is 10.4 Å². The summed E-state index contributed by atoms with van der Waals surface area (Å²) in [6, 6.07) is 6.06. The third-order valence-electron chi connectivity index (χ3n) is 2.88. The van der Waals surface area contributed by atoms with Crippen LogP contribution in [0.15, 0.2) is 28.7 Å². The molecule has 1 aromatic carbocycles. The van der Waals surface area contributed by atoms with E-state index in [0.29, 0.717) is 16.5 Å². The van der Waals surface area contributed by atoms with E-state index in [2.05, 4.69) is 21.2 Å². The minimum atomic E-state index is -1.01. The minimum Gasteiger partial charge on any atom is -0.480 e. The summed E-state index contributed by atoms with van der Waals surface area (Å²) in [6.07, 6.45) is 0.688. The summed E-state index contributed by atoms with van der Waals surface area (Å²) in [5.74, 6) is -1.51. The van der Waals surface area contributed by atoms with Crippen molar-refractivity contribution >= 4 is 27.8 Å². The normalized spacial score (nSPS) is 13.7. The molecule has 98 valence electrons. The maximum absolute atomic E-state index is 12.0. The minimum absolute atomic E-state index is 0.117. The quantitative estimate of drug-likeness (QED) is 0.878. The van der Waals surface area contributed by atoms with Crippen LogP contribution in [0, 0.1) is 5.92 Å². The van der Waals surface area contributed by atoms with Crippen LogP contribution in [-0.4, -0.2) is 23.0 Å². The van der Waals surface area contributed by atoms with Crippen molar-refractivity contribution in [1.29, 1.82) is 0 Å².